The van der Waals surface area contributed by atoms with Crippen molar-refractivity contribution in [3.8, 4) is 11.5 Å². The average Bonchev–Trinajstić information content (AvgIpc) is 2.92. The third-order valence-corrected chi connectivity index (χ3v) is 4.65. The highest BCUT2D eigenvalue weighted by atomic mass is 32.1. The molecule has 25 heavy (non-hydrogen) atoms. The average molecular weight is 355 g/mol. The number of allylic oxidation sites excluding steroid dienone is 1. The smallest absolute Gasteiger partial charge is 0.331 e. The number of esters is 1. The zero-order chi connectivity index (χ0) is 17.8. The Morgan fingerprint density at radius 1 is 1.24 bits per heavy atom. The van der Waals surface area contributed by atoms with Crippen LogP contribution in [-0.2, 0) is 17.8 Å². The predicted octanol–water partition coefficient (Wildman–Crippen LogP) is 3.41. The maximum Gasteiger partial charge on any atom is 0.331 e. The van der Waals surface area contributed by atoms with Crippen molar-refractivity contribution in [2.24, 2.45) is 0 Å². The third kappa shape index (κ3) is 3.64. The Morgan fingerprint density at radius 3 is 2.80 bits per heavy atom. The van der Waals surface area contributed by atoms with E-state index >= 15 is 0 Å². The molecule has 1 heterocycles. The van der Waals surface area contributed by atoms with E-state index in [0.29, 0.717) is 17.9 Å². The molecule has 3 aromatic rings. The van der Waals surface area contributed by atoms with Crippen molar-refractivity contribution in [2.75, 3.05) is 7.11 Å². The summed E-state index contributed by atoms with van der Waals surface area (Å²) in [5, 5.41) is 0. The van der Waals surface area contributed by atoms with E-state index in [1.54, 1.807) is 18.2 Å². The number of hydrogen-bond donors (Lipinski definition) is 0. The molecule has 0 aliphatic rings. The number of fused-ring (bicyclic) bond motifs is 1. The first kappa shape index (κ1) is 17.0. The number of rotatable bonds is 6. The molecule has 0 unspecified atom stereocenters. The summed E-state index contributed by atoms with van der Waals surface area (Å²) in [5.74, 6) is 0.267. The number of hydrogen-bond acceptors (Lipinski definition) is 5. The number of benzene rings is 2. The molecule has 0 fully saturated rings. The van der Waals surface area contributed by atoms with Gasteiger partial charge >= 0.3 is 10.8 Å². The second kappa shape index (κ2) is 7.36. The van der Waals surface area contributed by atoms with E-state index in [1.165, 1.54) is 11.7 Å². The monoisotopic (exact) mass is 355 g/mol. The van der Waals surface area contributed by atoms with Crippen LogP contribution >= 0.6 is 11.3 Å². The zero-order valence-corrected chi connectivity index (χ0v) is 14.5. The van der Waals surface area contributed by atoms with Gasteiger partial charge in [-0.1, -0.05) is 35.6 Å². The van der Waals surface area contributed by atoms with E-state index in [4.69, 9.17) is 9.47 Å². The van der Waals surface area contributed by atoms with E-state index in [9.17, 15) is 9.59 Å². The molecular weight excluding hydrogens is 338 g/mol. The second-order valence-electron chi connectivity index (χ2n) is 5.37. The highest BCUT2D eigenvalue weighted by molar-refractivity contribution is 7.16. The minimum atomic E-state index is -0.527. The van der Waals surface area contributed by atoms with Crippen LogP contribution in [0.5, 0.6) is 11.5 Å². The summed E-state index contributed by atoms with van der Waals surface area (Å²) in [7, 11) is 1.52. The summed E-state index contributed by atoms with van der Waals surface area (Å²) in [4.78, 5) is 24.2. The topological polar surface area (TPSA) is 57.5 Å². The molecule has 1 aromatic heterocycles. The van der Waals surface area contributed by atoms with Crippen molar-refractivity contribution in [3.63, 3.8) is 0 Å². The molecular formula is C19H17NO4S. The van der Waals surface area contributed by atoms with Crippen molar-refractivity contribution in [1.82, 2.24) is 4.57 Å². The fraction of sp³-hybridized carbons (Fsp3) is 0.158. The summed E-state index contributed by atoms with van der Waals surface area (Å²) in [6.07, 6.45) is 2.48. The largest absolute Gasteiger partial charge is 0.493 e. The minimum Gasteiger partial charge on any atom is -0.493 e. The Labute approximate surface area is 148 Å². The van der Waals surface area contributed by atoms with Gasteiger partial charge in [0.15, 0.2) is 11.5 Å². The van der Waals surface area contributed by atoms with Crippen LogP contribution in [0.25, 0.3) is 10.2 Å². The van der Waals surface area contributed by atoms with Gasteiger partial charge in [-0.2, -0.15) is 0 Å². The number of methoxy groups -OCH3 is 1. The van der Waals surface area contributed by atoms with Gasteiger partial charge in [0.2, 0.25) is 0 Å². The Kier molecular flexibility index (Phi) is 5.00. The molecule has 2 aromatic carbocycles. The minimum absolute atomic E-state index is 0.152. The van der Waals surface area contributed by atoms with E-state index in [2.05, 4.69) is 6.58 Å². The highest BCUT2D eigenvalue weighted by Crippen LogP contribution is 2.28. The van der Waals surface area contributed by atoms with Crippen LogP contribution in [0.1, 0.15) is 5.56 Å². The van der Waals surface area contributed by atoms with Crippen molar-refractivity contribution in [2.45, 2.75) is 13.0 Å². The molecule has 3 rings (SSSR count). The van der Waals surface area contributed by atoms with Gasteiger partial charge < -0.3 is 9.47 Å². The first-order chi connectivity index (χ1) is 12.1. The third-order valence-electron chi connectivity index (χ3n) is 3.69. The summed E-state index contributed by atoms with van der Waals surface area (Å²) >= 11 is 1.11. The van der Waals surface area contributed by atoms with Crippen LogP contribution in [0.2, 0.25) is 0 Å². The van der Waals surface area contributed by atoms with Crippen molar-refractivity contribution in [3.05, 3.63) is 70.4 Å². The van der Waals surface area contributed by atoms with Gasteiger partial charge in [-0.15, -0.1) is 6.58 Å². The van der Waals surface area contributed by atoms with Gasteiger partial charge in [-0.25, -0.2) is 4.79 Å². The zero-order valence-electron chi connectivity index (χ0n) is 13.7. The number of nitrogens with zero attached hydrogens (tertiary/aromatic N) is 1. The molecule has 0 amide bonds. The van der Waals surface area contributed by atoms with E-state index in [0.717, 1.165) is 27.1 Å². The molecule has 0 saturated carbocycles. The summed E-state index contributed by atoms with van der Waals surface area (Å²) in [6.45, 7) is 3.55. The molecule has 0 atom stereocenters. The lowest BCUT2D eigenvalue weighted by molar-refractivity contribution is -0.135. The number of thiazole rings is 1. The molecule has 6 heteroatoms. The van der Waals surface area contributed by atoms with Gasteiger partial charge in [0.25, 0.3) is 0 Å². The molecule has 0 bridgehead atoms. The summed E-state index contributed by atoms with van der Waals surface area (Å²) < 4.78 is 12.9. The number of para-hydroxylation sites is 1. The van der Waals surface area contributed by atoms with Crippen LogP contribution in [0, 0.1) is 0 Å². The quantitative estimate of drug-likeness (QED) is 0.386. The molecule has 0 N–H and O–H groups in total. The molecule has 0 aliphatic heterocycles. The predicted molar refractivity (Wildman–Crippen MR) is 98.6 cm³/mol. The number of carbonyl (C=O) groups excluding carboxylic acids is 1. The fourth-order valence-corrected chi connectivity index (χ4v) is 3.43. The fourth-order valence-electron chi connectivity index (χ4n) is 2.54. The van der Waals surface area contributed by atoms with E-state index < -0.39 is 5.97 Å². The standard InChI is InChI=1S/C19H17NO4S/c1-3-6-13-9-10-15(16(11-13)23-2)24-18(21)12-20-14-7-4-5-8-17(14)25-19(20)22/h3-5,7-11H,1,6,12H2,2H3. The highest BCUT2D eigenvalue weighted by Gasteiger charge is 2.15. The second-order valence-corrected chi connectivity index (χ2v) is 6.37. The molecule has 5 nitrogen and oxygen atoms in total. The van der Waals surface area contributed by atoms with Crippen molar-refractivity contribution < 1.29 is 14.3 Å². The van der Waals surface area contributed by atoms with Crippen molar-refractivity contribution >= 4 is 27.5 Å². The van der Waals surface area contributed by atoms with Crippen molar-refractivity contribution in [1.29, 1.82) is 0 Å². The summed E-state index contributed by atoms with van der Waals surface area (Å²) in [6, 6.07) is 12.7. The van der Waals surface area contributed by atoms with Crippen LogP contribution in [0.4, 0.5) is 0 Å². The molecule has 0 spiro atoms. The number of ether oxygens (including phenoxy) is 2. The van der Waals surface area contributed by atoms with Crippen LogP contribution < -0.4 is 14.3 Å². The van der Waals surface area contributed by atoms with Gasteiger partial charge in [0.1, 0.15) is 6.54 Å². The summed E-state index contributed by atoms with van der Waals surface area (Å²) in [5.41, 5.74) is 1.73. The Balaban J connectivity index is 1.81. The normalized spacial score (nSPS) is 10.6. The first-order valence-electron chi connectivity index (χ1n) is 7.69. The van der Waals surface area contributed by atoms with Crippen LogP contribution in [0.3, 0.4) is 0 Å². The molecule has 128 valence electrons. The Bertz CT molecular complexity index is 986. The maximum atomic E-state index is 12.3. The van der Waals surface area contributed by atoms with E-state index in [1.807, 2.05) is 30.3 Å². The number of carbonyl (C=O) groups is 1. The van der Waals surface area contributed by atoms with Gasteiger partial charge in [0, 0.05) is 0 Å². The van der Waals surface area contributed by atoms with Crippen LogP contribution in [0.15, 0.2) is 59.9 Å². The van der Waals surface area contributed by atoms with Crippen LogP contribution in [-0.4, -0.2) is 17.6 Å². The lowest BCUT2D eigenvalue weighted by atomic mass is 10.1. The SMILES string of the molecule is C=CCc1ccc(OC(=O)Cn2c(=O)sc3ccccc32)c(OC)c1. The lowest BCUT2D eigenvalue weighted by Gasteiger charge is -2.11. The molecule has 0 aliphatic carbocycles. The van der Waals surface area contributed by atoms with Gasteiger partial charge in [-0.3, -0.25) is 9.36 Å². The van der Waals surface area contributed by atoms with Gasteiger partial charge in [0.05, 0.1) is 17.3 Å². The molecule has 0 radical (unpaired) electrons. The Morgan fingerprint density at radius 2 is 2.04 bits per heavy atom. The van der Waals surface area contributed by atoms with Gasteiger partial charge in [-0.05, 0) is 36.2 Å². The lowest BCUT2D eigenvalue weighted by Crippen LogP contribution is -2.22. The Hall–Kier alpha value is -2.86. The molecule has 0 saturated heterocycles. The van der Waals surface area contributed by atoms with E-state index in [-0.39, 0.29) is 11.4 Å². The first-order valence-corrected chi connectivity index (χ1v) is 8.51. The number of aromatic nitrogens is 1. The maximum absolute atomic E-state index is 12.3.